The zero-order chi connectivity index (χ0) is 19.6. The van der Waals surface area contributed by atoms with Gasteiger partial charge in [-0.15, -0.1) is 0 Å². The lowest BCUT2D eigenvalue weighted by Gasteiger charge is -2.21. The molecule has 1 aliphatic rings. The summed E-state index contributed by atoms with van der Waals surface area (Å²) < 4.78 is 6.96. The SMILES string of the molecule is [CH2][C@H](C(=O)N1CCCC1)c1ccc(-c2cccn2C(=O)OC(C)(C)C)cc1. The molecule has 1 amide bonds. The van der Waals surface area contributed by atoms with Crippen LogP contribution in [0.15, 0.2) is 42.6 Å². The maximum atomic E-state index is 12.5. The summed E-state index contributed by atoms with van der Waals surface area (Å²) >= 11 is 0. The maximum absolute atomic E-state index is 12.5. The second-order valence-corrected chi connectivity index (χ2v) is 7.95. The van der Waals surface area contributed by atoms with Crippen molar-refractivity contribution in [3.63, 3.8) is 0 Å². The lowest BCUT2D eigenvalue weighted by molar-refractivity contribution is -0.130. The largest absolute Gasteiger partial charge is 0.443 e. The number of hydrogen-bond acceptors (Lipinski definition) is 3. The van der Waals surface area contributed by atoms with E-state index >= 15 is 0 Å². The Kier molecular flexibility index (Phi) is 5.40. The molecule has 1 fully saturated rings. The molecule has 1 aromatic carbocycles. The van der Waals surface area contributed by atoms with Gasteiger partial charge in [-0.25, -0.2) is 4.79 Å². The smallest absolute Gasteiger partial charge is 0.418 e. The molecular formula is C22H27N2O3. The van der Waals surface area contributed by atoms with Gasteiger partial charge in [0.25, 0.3) is 0 Å². The van der Waals surface area contributed by atoms with E-state index in [0.717, 1.165) is 42.8 Å². The van der Waals surface area contributed by atoms with Crippen molar-refractivity contribution in [1.29, 1.82) is 0 Å². The molecule has 143 valence electrons. The Hall–Kier alpha value is -2.56. The van der Waals surface area contributed by atoms with E-state index in [1.165, 1.54) is 4.57 Å². The molecule has 0 spiro atoms. The van der Waals surface area contributed by atoms with E-state index in [-0.39, 0.29) is 5.91 Å². The standard InChI is InChI=1S/C22H27N2O3/c1-16(20(25)23-13-5-6-14-23)17-9-11-18(12-10-17)19-8-7-15-24(19)21(26)27-22(2,3)4/h7-12,15-16H,1,5-6,13-14H2,2-4H3/t16-/m0/s1. The highest BCUT2D eigenvalue weighted by Crippen LogP contribution is 2.26. The zero-order valence-corrected chi connectivity index (χ0v) is 16.3. The number of nitrogens with zero attached hydrogens (tertiary/aromatic N) is 2. The Bertz CT molecular complexity index is 809. The first-order valence-electron chi connectivity index (χ1n) is 9.39. The summed E-state index contributed by atoms with van der Waals surface area (Å²) in [5, 5.41) is 0. The molecule has 5 nitrogen and oxygen atoms in total. The Labute approximate surface area is 160 Å². The first-order valence-corrected chi connectivity index (χ1v) is 9.39. The van der Waals surface area contributed by atoms with Crippen LogP contribution in [-0.4, -0.2) is 40.2 Å². The predicted octanol–water partition coefficient (Wildman–Crippen LogP) is 4.48. The molecule has 1 aliphatic heterocycles. The number of benzene rings is 1. The second-order valence-electron chi connectivity index (χ2n) is 7.95. The van der Waals surface area contributed by atoms with Gasteiger partial charge in [0.05, 0.1) is 11.6 Å². The first kappa shape index (κ1) is 19.2. The third kappa shape index (κ3) is 4.41. The highest BCUT2D eigenvalue weighted by Gasteiger charge is 2.24. The minimum Gasteiger partial charge on any atom is -0.443 e. The average Bonchev–Trinajstić information content (AvgIpc) is 3.30. The number of ether oxygens (including phenoxy) is 1. The average molecular weight is 367 g/mol. The fraction of sp³-hybridized carbons (Fsp3) is 0.409. The van der Waals surface area contributed by atoms with E-state index in [2.05, 4.69) is 6.92 Å². The molecule has 0 aliphatic carbocycles. The number of hydrogen-bond donors (Lipinski definition) is 0. The molecule has 2 aromatic rings. The molecule has 0 bridgehead atoms. The van der Waals surface area contributed by atoms with E-state index in [1.54, 1.807) is 6.20 Å². The Balaban J connectivity index is 1.77. The first-order chi connectivity index (χ1) is 12.8. The quantitative estimate of drug-likeness (QED) is 0.804. The van der Waals surface area contributed by atoms with E-state index in [4.69, 9.17) is 4.74 Å². The van der Waals surface area contributed by atoms with Crippen molar-refractivity contribution >= 4 is 12.0 Å². The molecule has 0 saturated carbocycles. The molecule has 0 unspecified atom stereocenters. The number of aromatic nitrogens is 1. The molecule has 2 heterocycles. The minimum absolute atomic E-state index is 0.0809. The van der Waals surface area contributed by atoms with E-state index in [9.17, 15) is 9.59 Å². The van der Waals surface area contributed by atoms with Gasteiger partial charge in [0.1, 0.15) is 5.60 Å². The number of carbonyl (C=O) groups excluding carboxylic acids is 2. The van der Waals surface area contributed by atoms with Gasteiger partial charge >= 0.3 is 6.09 Å². The fourth-order valence-corrected chi connectivity index (χ4v) is 3.27. The second kappa shape index (κ2) is 7.59. The molecule has 0 N–H and O–H groups in total. The van der Waals surface area contributed by atoms with Gasteiger partial charge in [-0.3, -0.25) is 9.36 Å². The van der Waals surface area contributed by atoms with Gasteiger partial charge in [-0.1, -0.05) is 24.3 Å². The molecule has 1 aromatic heterocycles. The van der Waals surface area contributed by atoms with Crippen LogP contribution in [0.25, 0.3) is 11.3 Å². The highest BCUT2D eigenvalue weighted by atomic mass is 16.6. The Morgan fingerprint density at radius 2 is 1.70 bits per heavy atom. The summed E-state index contributed by atoms with van der Waals surface area (Å²) in [6, 6.07) is 11.3. The monoisotopic (exact) mass is 367 g/mol. The van der Waals surface area contributed by atoms with Gasteiger partial charge in [-0.2, -0.15) is 0 Å². The van der Waals surface area contributed by atoms with Gasteiger partial charge in [0, 0.05) is 19.3 Å². The van der Waals surface area contributed by atoms with Crippen LogP contribution >= 0.6 is 0 Å². The lowest BCUT2D eigenvalue weighted by Crippen LogP contribution is -2.31. The summed E-state index contributed by atoms with van der Waals surface area (Å²) in [5.74, 6) is -0.327. The zero-order valence-electron chi connectivity index (χ0n) is 16.3. The van der Waals surface area contributed by atoms with Crippen molar-refractivity contribution in [2.75, 3.05) is 13.1 Å². The summed E-state index contributed by atoms with van der Waals surface area (Å²) in [5.41, 5.74) is 1.96. The molecule has 3 rings (SSSR count). The van der Waals surface area contributed by atoms with Crippen molar-refractivity contribution in [1.82, 2.24) is 9.47 Å². The van der Waals surface area contributed by atoms with E-state index < -0.39 is 17.6 Å². The van der Waals surface area contributed by atoms with Gasteiger partial charge < -0.3 is 9.64 Å². The van der Waals surface area contributed by atoms with Crippen LogP contribution in [0.2, 0.25) is 0 Å². The van der Waals surface area contributed by atoms with Crippen LogP contribution < -0.4 is 0 Å². The summed E-state index contributed by atoms with van der Waals surface area (Å²) in [4.78, 5) is 26.8. The third-order valence-electron chi connectivity index (χ3n) is 4.66. The van der Waals surface area contributed by atoms with E-state index in [1.807, 2.05) is 62.1 Å². The van der Waals surface area contributed by atoms with Crippen LogP contribution in [-0.2, 0) is 9.53 Å². The van der Waals surface area contributed by atoms with Crippen molar-refractivity contribution < 1.29 is 14.3 Å². The minimum atomic E-state index is -0.556. The fourth-order valence-electron chi connectivity index (χ4n) is 3.27. The van der Waals surface area contributed by atoms with Crippen LogP contribution in [0, 0.1) is 6.92 Å². The number of rotatable bonds is 3. The summed E-state index contributed by atoms with van der Waals surface area (Å²) in [6.07, 6.45) is 3.42. The summed E-state index contributed by atoms with van der Waals surface area (Å²) in [7, 11) is 0. The van der Waals surface area contributed by atoms with Crippen LogP contribution in [0.4, 0.5) is 4.79 Å². The summed E-state index contributed by atoms with van der Waals surface area (Å²) in [6.45, 7) is 11.2. The number of likely N-dealkylation sites (tertiary alicyclic amines) is 1. The van der Waals surface area contributed by atoms with Crippen LogP contribution in [0.1, 0.15) is 45.1 Å². The number of amides is 1. The molecule has 1 radical (unpaired) electrons. The van der Waals surface area contributed by atoms with Gasteiger partial charge in [0.2, 0.25) is 5.91 Å². The predicted molar refractivity (Wildman–Crippen MR) is 105 cm³/mol. The normalized spacial score (nSPS) is 15.6. The molecule has 5 heteroatoms. The maximum Gasteiger partial charge on any atom is 0.418 e. The van der Waals surface area contributed by atoms with Crippen molar-refractivity contribution in [3.8, 4) is 11.3 Å². The van der Waals surface area contributed by atoms with Crippen molar-refractivity contribution in [2.45, 2.75) is 45.1 Å². The molecule has 1 atom stereocenters. The van der Waals surface area contributed by atoms with Gasteiger partial charge in [-0.05, 0) is 63.8 Å². The topological polar surface area (TPSA) is 51.5 Å². The number of carbonyl (C=O) groups is 2. The van der Waals surface area contributed by atoms with Crippen molar-refractivity contribution in [3.05, 3.63) is 55.1 Å². The Morgan fingerprint density at radius 3 is 2.30 bits per heavy atom. The molecule has 27 heavy (non-hydrogen) atoms. The van der Waals surface area contributed by atoms with Crippen molar-refractivity contribution in [2.24, 2.45) is 0 Å². The molecular weight excluding hydrogens is 340 g/mol. The lowest BCUT2D eigenvalue weighted by atomic mass is 9.98. The van der Waals surface area contributed by atoms with Crippen LogP contribution in [0.5, 0.6) is 0 Å². The Morgan fingerprint density at radius 1 is 1.07 bits per heavy atom. The molecule has 1 saturated heterocycles. The van der Waals surface area contributed by atoms with Crippen LogP contribution in [0.3, 0.4) is 0 Å². The van der Waals surface area contributed by atoms with E-state index in [0.29, 0.717) is 0 Å². The van der Waals surface area contributed by atoms with Gasteiger partial charge in [0.15, 0.2) is 0 Å². The third-order valence-corrected chi connectivity index (χ3v) is 4.66. The highest BCUT2D eigenvalue weighted by molar-refractivity contribution is 5.85.